The number of aryl methyl sites for hydroxylation is 2. The monoisotopic (exact) mass is 196 g/mol. The average molecular weight is 196 g/mol. The minimum atomic E-state index is 1.19. The molecule has 0 fully saturated rings. The average Bonchev–Trinajstić information content (AvgIpc) is 2.55. The van der Waals surface area contributed by atoms with Crippen LogP contribution in [-0.4, -0.2) is 9.61 Å². The summed E-state index contributed by atoms with van der Waals surface area (Å²) in [5.74, 6) is 0. The van der Waals surface area contributed by atoms with E-state index >= 15 is 0 Å². The highest BCUT2D eigenvalue weighted by Gasteiger charge is 2.09. The molecule has 74 valence electrons. The van der Waals surface area contributed by atoms with Gasteiger partial charge in [0.1, 0.15) is 0 Å². The van der Waals surface area contributed by atoms with Gasteiger partial charge in [0.15, 0.2) is 0 Å². The second-order valence-electron chi connectivity index (χ2n) is 3.92. The fourth-order valence-corrected chi connectivity index (χ4v) is 2.26. The van der Waals surface area contributed by atoms with Crippen molar-refractivity contribution in [3.05, 3.63) is 47.7 Å². The van der Waals surface area contributed by atoms with Crippen molar-refractivity contribution in [3.63, 3.8) is 0 Å². The normalized spacial score (nSPS) is 11.3. The van der Waals surface area contributed by atoms with E-state index in [1.807, 2.05) is 10.7 Å². The molecule has 1 aromatic carbocycles. The minimum Gasteiger partial charge on any atom is -0.233 e. The molecule has 2 nitrogen and oxygen atoms in total. The van der Waals surface area contributed by atoms with Gasteiger partial charge in [-0.15, -0.1) is 0 Å². The molecule has 2 heterocycles. The van der Waals surface area contributed by atoms with Crippen molar-refractivity contribution in [1.29, 1.82) is 0 Å². The smallest absolute Gasteiger partial charge is 0.0728 e. The van der Waals surface area contributed by atoms with Gasteiger partial charge < -0.3 is 0 Å². The third-order valence-electron chi connectivity index (χ3n) is 2.98. The predicted octanol–water partition coefficient (Wildman–Crippen LogP) is 3.10. The number of rotatable bonds is 0. The summed E-state index contributed by atoms with van der Waals surface area (Å²) in [6, 6.07) is 10.4. The van der Waals surface area contributed by atoms with Crippen molar-refractivity contribution in [3.8, 4) is 0 Å². The molecule has 15 heavy (non-hydrogen) atoms. The highest BCUT2D eigenvalue weighted by atomic mass is 15.2. The lowest BCUT2D eigenvalue weighted by Gasteiger charge is -1.98. The quantitative estimate of drug-likeness (QED) is 0.540. The molecular weight excluding hydrogens is 184 g/mol. The summed E-state index contributed by atoms with van der Waals surface area (Å²) in [6.45, 7) is 4.29. The van der Waals surface area contributed by atoms with Crippen molar-refractivity contribution in [2.75, 3.05) is 0 Å². The first-order chi connectivity index (χ1) is 7.29. The summed E-state index contributed by atoms with van der Waals surface area (Å²) in [7, 11) is 0. The molecule has 0 aliphatic heterocycles. The van der Waals surface area contributed by atoms with Gasteiger partial charge in [-0.1, -0.05) is 18.2 Å². The zero-order chi connectivity index (χ0) is 10.4. The Morgan fingerprint density at radius 3 is 2.73 bits per heavy atom. The minimum absolute atomic E-state index is 1.19. The van der Waals surface area contributed by atoms with E-state index in [2.05, 4.69) is 49.3 Å². The van der Waals surface area contributed by atoms with Gasteiger partial charge in [-0.05, 0) is 37.1 Å². The molecule has 3 rings (SSSR count). The summed E-state index contributed by atoms with van der Waals surface area (Å²) < 4.78 is 2.03. The standard InChI is InChI=1S/C13H12N2/c1-9-7-8-14-15-12-6-4-3-5-11(12)10(2)13(9)15/h3-8H,1-2H3. The molecule has 0 amide bonds. The van der Waals surface area contributed by atoms with E-state index in [0.29, 0.717) is 0 Å². The molecule has 0 N–H and O–H groups in total. The van der Waals surface area contributed by atoms with Crippen LogP contribution >= 0.6 is 0 Å². The molecular formula is C13H12N2. The molecule has 2 aromatic heterocycles. The number of benzene rings is 1. The SMILES string of the molecule is Cc1ccnn2c1c(C)c1ccccc12. The van der Waals surface area contributed by atoms with Gasteiger partial charge in [0, 0.05) is 11.6 Å². The summed E-state index contributed by atoms with van der Waals surface area (Å²) in [4.78, 5) is 0. The topological polar surface area (TPSA) is 17.3 Å². The summed E-state index contributed by atoms with van der Waals surface area (Å²) in [5.41, 5.74) is 5.02. The Kier molecular flexibility index (Phi) is 1.60. The number of hydrogen-bond donors (Lipinski definition) is 0. The Bertz CT molecular complexity index is 650. The van der Waals surface area contributed by atoms with Gasteiger partial charge in [0.05, 0.1) is 11.0 Å². The number of aromatic nitrogens is 2. The molecule has 2 heteroatoms. The molecule has 0 saturated carbocycles. The largest absolute Gasteiger partial charge is 0.233 e. The number of hydrogen-bond acceptors (Lipinski definition) is 1. The van der Waals surface area contributed by atoms with Crippen LogP contribution in [-0.2, 0) is 0 Å². The Morgan fingerprint density at radius 2 is 1.87 bits per heavy atom. The summed E-state index contributed by atoms with van der Waals surface area (Å²) >= 11 is 0. The summed E-state index contributed by atoms with van der Waals surface area (Å²) in [5, 5.41) is 5.70. The lowest BCUT2D eigenvalue weighted by molar-refractivity contribution is 0.963. The highest BCUT2D eigenvalue weighted by molar-refractivity contribution is 5.92. The Balaban J connectivity index is 2.69. The molecule has 0 radical (unpaired) electrons. The number of fused-ring (bicyclic) bond motifs is 3. The first-order valence-electron chi connectivity index (χ1n) is 5.10. The zero-order valence-electron chi connectivity index (χ0n) is 8.86. The second kappa shape index (κ2) is 2.83. The van der Waals surface area contributed by atoms with Crippen molar-refractivity contribution in [2.45, 2.75) is 13.8 Å². The molecule has 0 unspecified atom stereocenters. The van der Waals surface area contributed by atoms with Crippen molar-refractivity contribution in [2.24, 2.45) is 0 Å². The first kappa shape index (κ1) is 8.48. The van der Waals surface area contributed by atoms with Crippen molar-refractivity contribution < 1.29 is 0 Å². The molecule has 0 aliphatic rings. The molecule has 0 spiro atoms. The van der Waals surface area contributed by atoms with Crippen LogP contribution in [0.4, 0.5) is 0 Å². The maximum atomic E-state index is 4.41. The van der Waals surface area contributed by atoms with Crippen LogP contribution in [0.25, 0.3) is 16.4 Å². The second-order valence-corrected chi connectivity index (χ2v) is 3.92. The van der Waals surface area contributed by atoms with Crippen LogP contribution in [0.3, 0.4) is 0 Å². The summed E-state index contributed by atoms with van der Waals surface area (Å²) in [6.07, 6.45) is 1.86. The fourth-order valence-electron chi connectivity index (χ4n) is 2.26. The predicted molar refractivity (Wildman–Crippen MR) is 62.2 cm³/mol. The first-order valence-corrected chi connectivity index (χ1v) is 5.10. The third kappa shape index (κ3) is 1.02. The van der Waals surface area contributed by atoms with E-state index in [0.717, 1.165) is 0 Å². The maximum Gasteiger partial charge on any atom is 0.0728 e. The number of para-hydroxylation sites is 1. The third-order valence-corrected chi connectivity index (χ3v) is 2.98. The van der Waals surface area contributed by atoms with E-state index in [-0.39, 0.29) is 0 Å². The van der Waals surface area contributed by atoms with Crippen LogP contribution in [0.2, 0.25) is 0 Å². The Morgan fingerprint density at radius 1 is 1.07 bits per heavy atom. The molecule has 0 aliphatic carbocycles. The van der Waals surface area contributed by atoms with Crippen molar-refractivity contribution in [1.82, 2.24) is 9.61 Å². The molecule has 3 aromatic rings. The Hall–Kier alpha value is -1.83. The maximum absolute atomic E-state index is 4.41. The van der Waals surface area contributed by atoms with E-state index < -0.39 is 0 Å². The van der Waals surface area contributed by atoms with Gasteiger partial charge in [-0.25, -0.2) is 4.52 Å². The van der Waals surface area contributed by atoms with Gasteiger partial charge >= 0.3 is 0 Å². The van der Waals surface area contributed by atoms with Crippen LogP contribution in [0.15, 0.2) is 36.5 Å². The van der Waals surface area contributed by atoms with Crippen LogP contribution in [0.1, 0.15) is 11.1 Å². The van der Waals surface area contributed by atoms with E-state index in [9.17, 15) is 0 Å². The highest BCUT2D eigenvalue weighted by Crippen LogP contribution is 2.26. The lowest BCUT2D eigenvalue weighted by atomic mass is 10.1. The van der Waals surface area contributed by atoms with Crippen molar-refractivity contribution >= 4 is 16.4 Å². The van der Waals surface area contributed by atoms with Gasteiger partial charge in [0.2, 0.25) is 0 Å². The van der Waals surface area contributed by atoms with Gasteiger partial charge in [-0.2, -0.15) is 5.10 Å². The zero-order valence-corrected chi connectivity index (χ0v) is 8.86. The van der Waals surface area contributed by atoms with Crippen LogP contribution in [0, 0.1) is 13.8 Å². The molecule has 0 bridgehead atoms. The van der Waals surface area contributed by atoms with Crippen LogP contribution in [0.5, 0.6) is 0 Å². The number of nitrogens with zero attached hydrogens (tertiary/aromatic N) is 2. The van der Waals surface area contributed by atoms with Crippen LogP contribution < -0.4 is 0 Å². The molecule has 0 atom stereocenters. The Labute approximate surface area is 88.1 Å². The van der Waals surface area contributed by atoms with E-state index in [4.69, 9.17) is 0 Å². The fraction of sp³-hybridized carbons (Fsp3) is 0.154. The lowest BCUT2D eigenvalue weighted by Crippen LogP contribution is -1.91. The van der Waals surface area contributed by atoms with E-state index in [1.54, 1.807) is 0 Å². The molecule has 0 saturated heterocycles. The van der Waals surface area contributed by atoms with Gasteiger partial charge in [-0.3, -0.25) is 0 Å². The van der Waals surface area contributed by atoms with E-state index in [1.165, 1.54) is 27.5 Å². The van der Waals surface area contributed by atoms with Gasteiger partial charge in [0.25, 0.3) is 0 Å².